The van der Waals surface area contributed by atoms with Gasteiger partial charge in [-0.2, -0.15) is 0 Å². The average Bonchev–Trinajstić information content (AvgIpc) is 3.06. The van der Waals surface area contributed by atoms with Gasteiger partial charge in [-0.3, -0.25) is 14.5 Å². The molecule has 0 bridgehead atoms. The number of likely N-dealkylation sites (tertiary alicyclic amines) is 1. The number of carbonyl (C=O) groups excluding carboxylic acids is 2. The van der Waals surface area contributed by atoms with Gasteiger partial charge in [-0.05, 0) is 86.6 Å². The first-order valence-corrected chi connectivity index (χ1v) is 15.0. The number of phenols is 1. The van der Waals surface area contributed by atoms with Gasteiger partial charge in [-0.1, -0.05) is 42.8 Å². The van der Waals surface area contributed by atoms with Gasteiger partial charge in [0, 0.05) is 41.6 Å². The molecule has 0 atom stereocenters. The van der Waals surface area contributed by atoms with Crippen molar-refractivity contribution in [2.24, 2.45) is 0 Å². The standard InChI is InChI=1S/C22H27NO3.C15H14O3/c1-25-22-8-4-3-7-19(22)17-21(24)18-9-11-20(12-10-18)26-16-15-23-13-5-2-6-14-23;1-18-15-5-3-2-4-12(15)10-14(17)11-6-8-13(16)9-7-11/h3-4,7-12H,2,5-6,13-17H2,1H3;2-9,16H,10H2,1H3. The number of nitrogens with zero attached hydrogens (tertiary/aromatic N) is 1. The first-order valence-electron chi connectivity index (χ1n) is 15.0. The summed E-state index contributed by atoms with van der Waals surface area (Å²) in [6, 6.07) is 28.8. The molecule has 0 saturated carbocycles. The van der Waals surface area contributed by atoms with Crippen molar-refractivity contribution in [3.63, 3.8) is 0 Å². The van der Waals surface area contributed by atoms with Crippen molar-refractivity contribution in [2.45, 2.75) is 32.1 Å². The first-order chi connectivity index (χ1) is 21.5. The van der Waals surface area contributed by atoms with E-state index in [4.69, 9.17) is 14.2 Å². The highest BCUT2D eigenvalue weighted by Gasteiger charge is 2.13. The molecule has 0 radical (unpaired) electrons. The van der Waals surface area contributed by atoms with E-state index in [1.807, 2.05) is 72.8 Å². The Hall–Kier alpha value is -4.62. The number of piperidine rings is 1. The van der Waals surface area contributed by atoms with Gasteiger partial charge in [0.2, 0.25) is 0 Å². The summed E-state index contributed by atoms with van der Waals surface area (Å²) in [4.78, 5) is 27.0. The molecule has 1 N–H and O–H groups in total. The minimum atomic E-state index is -0.000463. The number of phenolic OH excluding ortho intramolecular Hbond substituents is 1. The summed E-state index contributed by atoms with van der Waals surface area (Å²) in [5, 5.41) is 9.18. The summed E-state index contributed by atoms with van der Waals surface area (Å²) in [7, 11) is 3.21. The summed E-state index contributed by atoms with van der Waals surface area (Å²) >= 11 is 0. The maximum atomic E-state index is 12.5. The number of rotatable bonds is 12. The second-order valence-electron chi connectivity index (χ2n) is 10.6. The zero-order valence-corrected chi connectivity index (χ0v) is 25.5. The molecule has 44 heavy (non-hydrogen) atoms. The van der Waals surface area contributed by atoms with Crippen molar-refractivity contribution in [1.29, 1.82) is 0 Å². The lowest BCUT2D eigenvalue weighted by Gasteiger charge is -2.26. The number of benzene rings is 4. The Morgan fingerprint density at radius 2 is 1.14 bits per heavy atom. The summed E-state index contributed by atoms with van der Waals surface area (Å²) in [5.41, 5.74) is 3.04. The molecule has 1 saturated heterocycles. The minimum absolute atomic E-state index is 0.000463. The third-order valence-corrected chi connectivity index (χ3v) is 7.58. The van der Waals surface area contributed by atoms with Crippen LogP contribution in [-0.4, -0.2) is 62.0 Å². The van der Waals surface area contributed by atoms with E-state index in [9.17, 15) is 14.7 Å². The van der Waals surface area contributed by atoms with Crippen LogP contribution in [0, 0.1) is 0 Å². The Morgan fingerprint density at radius 1 is 0.659 bits per heavy atom. The van der Waals surface area contributed by atoms with Crippen LogP contribution in [-0.2, 0) is 12.8 Å². The predicted octanol–water partition coefficient (Wildman–Crippen LogP) is 6.81. The number of ketones is 2. The molecule has 1 heterocycles. The topological polar surface area (TPSA) is 85.3 Å². The van der Waals surface area contributed by atoms with Crippen LogP contribution in [0.15, 0.2) is 97.1 Å². The number of para-hydroxylation sites is 2. The van der Waals surface area contributed by atoms with Crippen molar-refractivity contribution >= 4 is 11.6 Å². The van der Waals surface area contributed by atoms with Crippen LogP contribution in [0.1, 0.15) is 51.1 Å². The van der Waals surface area contributed by atoms with E-state index in [0.717, 1.165) is 29.2 Å². The van der Waals surface area contributed by atoms with Gasteiger partial charge in [0.15, 0.2) is 11.6 Å². The van der Waals surface area contributed by atoms with Crippen molar-refractivity contribution < 1.29 is 28.9 Å². The van der Waals surface area contributed by atoms with E-state index < -0.39 is 0 Å². The van der Waals surface area contributed by atoms with Crippen LogP contribution < -0.4 is 14.2 Å². The zero-order valence-electron chi connectivity index (χ0n) is 25.5. The Labute approximate surface area is 260 Å². The Balaban J connectivity index is 0.000000215. The molecule has 5 rings (SSSR count). The summed E-state index contributed by atoms with van der Waals surface area (Å²) < 4.78 is 16.4. The highest BCUT2D eigenvalue weighted by molar-refractivity contribution is 5.98. The van der Waals surface area contributed by atoms with Crippen LogP contribution in [0.3, 0.4) is 0 Å². The number of methoxy groups -OCH3 is 2. The smallest absolute Gasteiger partial charge is 0.167 e. The average molecular weight is 596 g/mol. The number of aromatic hydroxyl groups is 1. The molecule has 0 spiro atoms. The van der Waals surface area contributed by atoms with Crippen LogP contribution in [0.25, 0.3) is 0 Å². The number of hydrogen-bond acceptors (Lipinski definition) is 7. The van der Waals surface area contributed by atoms with Crippen molar-refractivity contribution in [3.05, 3.63) is 119 Å². The first kappa shape index (κ1) is 32.3. The van der Waals surface area contributed by atoms with Gasteiger partial charge in [0.05, 0.1) is 14.2 Å². The maximum Gasteiger partial charge on any atom is 0.167 e. The van der Waals surface area contributed by atoms with Crippen molar-refractivity contribution in [1.82, 2.24) is 4.90 Å². The summed E-state index contributed by atoms with van der Waals surface area (Å²) in [6.45, 7) is 4.02. The van der Waals surface area contributed by atoms with Crippen LogP contribution in [0.2, 0.25) is 0 Å². The highest BCUT2D eigenvalue weighted by atomic mass is 16.5. The van der Waals surface area contributed by atoms with Gasteiger partial charge in [0.1, 0.15) is 29.6 Å². The van der Waals surface area contributed by atoms with E-state index in [1.54, 1.807) is 26.4 Å². The van der Waals surface area contributed by atoms with Gasteiger partial charge in [-0.15, -0.1) is 0 Å². The molecule has 1 aliphatic heterocycles. The molecule has 1 aliphatic rings. The van der Waals surface area contributed by atoms with Crippen LogP contribution >= 0.6 is 0 Å². The van der Waals surface area contributed by atoms with Crippen molar-refractivity contribution in [2.75, 3.05) is 40.5 Å². The van der Waals surface area contributed by atoms with Gasteiger partial charge < -0.3 is 19.3 Å². The molecule has 0 aromatic heterocycles. The normalized spacial score (nSPS) is 12.9. The second-order valence-corrected chi connectivity index (χ2v) is 10.6. The fourth-order valence-electron chi connectivity index (χ4n) is 5.11. The Kier molecular flexibility index (Phi) is 12.4. The number of hydrogen-bond donors (Lipinski definition) is 1. The van der Waals surface area contributed by atoms with Gasteiger partial charge in [-0.25, -0.2) is 0 Å². The molecule has 4 aromatic carbocycles. The van der Waals surface area contributed by atoms with E-state index in [1.165, 1.54) is 44.5 Å². The lowest BCUT2D eigenvalue weighted by atomic mass is 10.0. The quantitative estimate of drug-likeness (QED) is 0.180. The summed E-state index contributed by atoms with van der Waals surface area (Å²) in [6.07, 6.45) is 4.56. The number of Topliss-reactive ketones (excluding diaryl/α,β-unsaturated/α-hetero) is 2. The van der Waals surface area contributed by atoms with Gasteiger partial charge >= 0.3 is 0 Å². The molecule has 0 unspecified atom stereocenters. The molecule has 7 heteroatoms. The molecule has 7 nitrogen and oxygen atoms in total. The SMILES string of the molecule is COc1ccccc1CC(=O)c1ccc(O)cc1.COc1ccccc1CC(=O)c1ccc(OCCN2CCCCC2)cc1. The molecule has 1 fully saturated rings. The summed E-state index contributed by atoms with van der Waals surface area (Å²) in [5.74, 6) is 2.51. The lowest BCUT2D eigenvalue weighted by molar-refractivity contribution is 0.0984. The van der Waals surface area contributed by atoms with E-state index in [0.29, 0.717) is 29.9 Å². The minimum Gasteiger partial charge on any atom is -0.508 e. The third kappa shape index (κ3) is 9.71. The molecular formula is C37H41NO6. The third-order valence-electron chi connectivity index (χ3n) is 7.58. The van der Waals surface area contributed by atoms with E-state index in [2.05, 4.69) is 4.90 Å². The van der Waals surface area contributed by atoms with Crippen LogP contribution in [0.5, 0.6) is 23.0 Å². The lowest BCUT2D eigenvalue weighted by Crippen LogP contribution is -2.33. The van der Waals surface area contributed by atoms with Crippen molar-refractivity contribution in [3.8, 4) is 23.0 Å². The largest absolute Gasteiger partial charge is 0.508 e. The number of carbonyl (C=O) groups is 2. The zero-order chi connectivity index (χ0) is 31.1. The maximum absolute atomic E-state index is 12.5. The fourth-order valence-corrected chi connectivity index (χ4v) is 5.11. The molecule has 0 amide bonds. The number of ether oxygens (including phenoxy) is 3. The molecule has 230 valence electrons. The monoisotopic (exact) mass is 595 g/mol. The Bertz CT molecular complexity index is 1480. The Morgan fingerprint density at radius 3 is 1.64 bits per heavy atom. The van der Waals surface area contributed by atoms with E-state index in [-0.39, 0.29) is 23.7 Å². The van der Waals surface area contributed by atoms with Gasteiger partial charge in [0.25, 0.3) is 0 Å². The molecular weight excluding hydrogens is 554 g/mol. The van der Waals surface area contributed by atoms with Crippen LogP contribution in [0.4, 0.5) is 0 Å². The molecule has 0 aliphatic carbocycles. The predicted molar refractivity (Wildman–Crippen MR) is 172 cm³/mol. The molecule has 4 aromatic rings. The highest BCUT2D eigenvalue weighted by Crippen LogP contribution is 2.22. The van der Waals surface area contributed by atoms with E-state index >= 15 is 0 Å². The fraction of sp³-hybridized carbons (Fsp3) is 0.297. The second kappa shape index (κ2) is 16.9.